The molecular formula is C15H22N4O3. The minimum atomic E-state index is -0.0875. The van der Waals surface area contributed by atoms with E-state index in [1.165, 1.54) is 19.3 Å². The molecule has 3 rings (SSSR count). The van der Waals surface area contributed by atoms with Gasteiger partial charge in [-0.15, -0.1) is 0 Å². The summed E-state index contributed by atoms with van der Waals surface area (Å²) in [6.45, 7) is 2.45. The van der Waals surface area contributed by atoms with Crippen LogP contribution in [0.15, 0.2) is 9.05 Å². The molecule has 0 radical (unpaired) electrons. The van der Waals surface area contributed by atoms with Crippen LogP contribution >= 0.6 is 0 Å². The fourth-order valence-corrected chi connectivity index (χ4v) is 3.16. The van der Waals surface area contributed by atoms with E-state index >= 15 is 0 Å². The summed E-state index contributed by atoms with van der Waals surface area (Å²) in [7, 11) is 1.73. The number of hydrogen-bond donors (Lipinski definition) is 0. The second-order valence-electron chi connectivity index (χ2n) is 6.02. The zero-order valence-electron chi connectivity index (χ0n) is 13.2. The molecule has 0 aliphatic heterocycles. The van der Waals surface area contributed by atoms with Crippen LogP contribution in [0.2, 0.25) is 0 Å². The van der Waals surface area contributed by atoms with Crippen LogP contribution in [0, 0.1) is 6.92 Å². The molecule has 2 aromatic heterocycles. The van der Waals surface area contributed by atoms with Crippen LogP contribution in [0.25, 0.3) is 0 Å². The van der Waals surface area contributed by atoms with Crippen molar-refractivity contribution in [1.29, 1.82) is 0 Å². The van der Waals surface area contributed by atoms with Gasteiger partial charge in [-0.3, -0.25) is 0 Å². The van der Waals surface area contributed by atoms with Gasteiger partial charge in [-0.1, -0.05) is 29.6 Å². The fraction of sp³-hybridized carbons (Fsp3) is 0.733. The molecule has 0 saturated heterocycles. The van der Waals surface area contributed by atoms with Gasteiger partial charge in [0.25, 0.3) is 0 Å². The molecule has 22 heavy (non-hydrogen) atoms. The lowest BCUT2D eigenvalue weighted by atomic mass is 9.74. The fourth-order valence-electron chi connectivity index (χ4n) is 3.16. The molecule has 120 valence electrons. The maximum atomic E-state index is 5.43. The molecule has 1 fully saturated rings. The molecule has 1 aliphatic rings. The van der Waals surface area contributed by atoms with E-state index < -0.39 is 0 Å². The van der Waals surface area contributed by atoms with Crippen molar-refractivity contribution in [2.45, 2.75) is 57.3 Å². The van der Waals surface area contributed by atoms with Crippen molar-refractivity contribution in [2.24, 2.45) is 0 Å². The summed E-state index contributed by atoms with van der Waals surface area (Å²) < 4.78 is 15.9. The summed E-state index contributed by atoms with van der Waals surface area (Å²) in [6, 6.07) is 0. The Bertz CT molecular complexity index is 596. The van der Waals surface area contributed by atoms with Gasteiger partial charge in [0.05, 0.1) is 12.0 Å². The highest BCUT2D eigenvalue weighted by Gasteiger charge is 2.38. The minimum absolute atomic E-state index is 0.0875. The lowest BCUT2D eigenvalue weighted by Gasteiger charge is -2.33. The Kier molecular flexibility index (Phi) is 4.52. The topological polar surface area (TPSA) is 87.1 Å². The number of aromatic nitrogens is 4. The third kappa shape index (κ3) is 3.19. The van der Waals surface area contributed by atoms with Gasteiger partial charge in [0, 0.05) is 20.0 Å². The number of hydrogen-bond acceptors (Lipinski definition) is 7. The van der Waals surface area contributed by atoms with Gasteiger partial charge < -0.3 is 13.8 Å². The van der Waals surface area contributed by atoms with Gasteiger partial charge in [0.15, 0.2) is 11.6 Å². The quantitative estimate of drug-likeness (QED) is 0.809. The Hall–Kier alpha value is -1.76. The first-order chi connectivity index (χ1) is 10.7. The van der Waals surface area contributed by atoms with Crippen molar-refractivity contribution in [3.05, 3.63) is 23.4 Å². The third-order valence-electron chi connectivity index (χ3n) is 4.30. The average molecular weight is 306 g/mol. The summed E-state index contributed by atoms with van der Waals surface area (Å²) in [6.07, 6.45) is 6.98. The van der Waals surface area contributed by atoms with Gasteiger partial charge in [0.2, 0.25) is 11.8 Å². The van der Waals surface area contributed by atoms with E-state index in [9.17, 15) is 0 Å². The maximum Gasteiger partial charge on any atom is 0.227 e. The van der Waals surface area contributed by atoms with Crippen molar-refractivity contribution >= 4 is 0 Å². The molecule has 1 saturated carbocycles. The first kappa shape index (κ1) is 15.1. The standard InChI is InChI=1S/C15H22N4O3/c1-11-16-12(21-18-11)6-7-13-17-14(19-22-13)15(10-20-2)8-4-3-5-9-15/h3-10H2,1-2H3. The largest absolute Gasteiger partial charge is 0.384 e. The lowest BCUT2D eigenvalue weighted by molar-refractivity contribution is 0.0961. The smallest absolute Gasteiger partial charge is 0.227 e. The van der Waals surface area contributed by atoms with E-state index in [0.29, 0.717) is 37.1 Å². The zero-order valence-corrected chi connectivity index (χ0v) is 13.2. The Balaban J connectivity index is 1.68. The van der Waals surface area contributed by atoms with Crippen molar-refractivity contribution in [3.63, 3.8) is 0 Å². The summed E-state index contributed by atoms with van der Waals surface area (Å²) >= 11 is 0. The van der Waals surface area contributed by atoms with Gasteiger partial charge in [-0.2, -0.15) is 9.97 Å². The molecular weight excluding hydrogens is 284 g/mol. The van der Waals surface area contributed by atoms with Crippen LogP contribution in [-0.2, 0) is 23.0 Å². The second-order valence-corrected chi connectivity index (χ2v) is 6.02. The van der Waals surface area contributed by atoms with Gasteiger partial charge >= 0.3 is 0 Å². The molecule has 0 amide bonds. The molecule has 7 nitrogen and oxygen atoms in total. The van der Waals surface area contributed by atoms with Crippen LogP contribution in [0.1, 0.15) is 55.5 Å². The maximum absolute atomic E-state index is 5.43. The summed E-state index contributed by atoms with van der Waals surface area (Å²) in [5.74, 6) is 2.64. The Morgan fingerprint density at radius 1 is 1.00 bits per heavy atom. The average Bonchev–Trinajstić information content (AvgIpc) is 3.16. The van der Waals surface area contributed by atoms with Gasteiger partial charge in [-0.05, 0) is 19.8 Å². The number of aryl methyl sites for hydroxylation is 3. The minimum Gasteiger partial charge on any atom is -0.384 e. The molecule has 0 spiro atoms. The molecule has 2 heterocycles. The number of nitrogens with zero attached hydrogens (tertiary/aromatic N) is 4. The predicted octanol–water partition coefficient (Wildman–Crippen LogP) is 2.39. The van der Waals surface area contributed by atoms with Gasteiger partial charge in [0.1, 0.15) is 0 Å². The number of methoxy groups -OCH3 is 1. The molecule has 0 N–H and O–H groups in total. The van der Waals surface area contributed by atoms with E-state index in [1.54, 1.807) is 14.0 Å². The van der Waals surface area contributed by atoms with Crippen molar-refractivity contribution in [1.82, 2.24) is 20.3 Å². The van der Waals surface area contributed by atoms with Crippen molar-refractivity contribution < 1.29 is 13.8 Å². The van der Waals surface area contributed by atoms with Crippen LogP contribution in [0.4, 0.5) is 0 Å². The first-order valence-electron chi connectivity index (χ1n) is 7.83. The van der Waals surface area contributed by atoms with Crippen LogP contribution in [0.3, 0.4) is 0 Å². The highest BCUT2D eigenvalue weighted by Crippen LogP contribution is 2.38. The van der Waals surface area contributed by atoms with Gasteiger partial charge in [-0.25, -0.2) is 0 Å². The van der Waals surface area contributed by atoms with Crippen molar-refractivity contribution in [3.8, 4) is 0 Å². The Morgan fingerprint density at radius 3 is 2.32 bits per heavy atom. The molecule has 7 heteroatoms. The highest BCUT2D eigenvalue weighted by atomic mass is 16.5. The van der Waals surface area contributed by atoms with E-state index in [2.05, 4.69) is 20.3 Å². The monoisotopic (exact) mass is 306 g/mol. The lowest BCUT2D eigenvalue weighted by Crippen LogP contribution is -2.35. The summed E-state index contributed by atoms with van der Waals surface area (Å²) in [5.41, 5.74) is -0.0875. The SMILES string of the molecule is COCC1(c2noc(CCc3nc(C)no3)n2)CCCCC1. The number of ether oxygens (including phenoxy) is 1. The van der Waals surface area contributed by atoms with Crippen LogP contribution in [0.5, 0.6) is 0 Å². The molecule has 0 aromatic carbocycles. The molecule has 1 aliphatic carbocycles. The number of rotatable bonds is 6. The van der Waals surface area contributed by atoms with Crippen LogP contribution < -0.4 is 0 Å². The van der Waals surface area contributed by atoms with E-state index in [0.717, 1.165) is 18.7 Å². The zero-order chi connectivity index (χ0) is 15.4. The molecule has 0 atom stereocenters. The van der Waals surface area contributed by atoms with E-state index in [4.69, 9.17) is 13.8 Å². The Labute approximate surface area is 129 Å². The summed E-state index contributed by atoms with van der Waals surface area (Å²) in [4.78, 5) is 8.78. The highest BCUT2D eigenvalue weighted by molar-refractivity contribution is 5.09. The third-order valence-corrected chi connectivity index (χ3v) is 4.30. The second kappa shape index (κ2) is 6.56. The molecule has 0 bridgehead atoms. The Morgan fingerprint density at radius 2 is 1.68 bits per heavy atom. The van der Waals surface area contributed by atoms with Crippen LogP contribution in [-0.4, -0.2) is 34.0 Å². The summed E-state index contributed by atoms with van der Waals surface area (Å²) in [5, 5.41) is 7.99. The molecule has 0 unspecified atom stereocenters. The first-order valence-corrected chi connectivity index (χ1v) is 7.83. The van der Waals surface area contributed by atoms with E-state index in [1.807, 2.05) is 0 Å². The normalized spacial score (nSPS) is 17.7. The predicted molar refractivity (Wildman–Crippen MR) is 77.4 cm³/mol. The van der Waals surface area contributed by atoms with E-state index in [-0.39, 0.29) is 5.41 Å². The van der Waals surface area contributed by atoms with Crippen molar-refractivity contribution in [2.75, 3.05) is 13.7 Å². The molecule has 2 aromatic rings.